The Morgan fingerprint density at radius 3 is 2.73 bits per heavy atom. The first-order valence-electron chi connectivity index (χ1n) is 11.2. The third kappa shape index (κ3) is 5.79. The van der Waals surface area contributed by atoms with Gasteiger partial charge in [0.2, 0.25) is 5.91 Å². The minimum atomic E-state index is -0.0952. The van der Waals surface area contributed by atoms with Crippen molar-refractivity contribution in [2.24, 2.45) is 0 Å². The van der Waals surface area contributed by atoms with Gasteiger partial charge in [-0.25, -0.2) is 0 Å². The number of hydrogen-bond acceptors (Lipinski definition) is 5. The van der Waals surface area contributed by atoms with Gasteiger partial charge < -0.3 is 19.4 Å². The van der Waals surface area contributed by atoms with Crippen LogP contribution < -0.4 is 10.1 Å². The molecule has 2 aromatic carbocycles. The van der Waals surface area contributed by atoms with E-state index in [1.165, 1.54) is 0 Å². The highest BCUT2D eigenvalue weighted by atomic mass is 32.2. The summed E-state index contributed by atoms with van der Waals surface area (Å²) in [6, 6.07) is 19.2. The topological polar surface area (TPSA) is 71.8 Å². The second kappa shape index (κ2) is 11.1. The van der Waals surface area contributed by atoms with Crippen LogP contribution in [-0.2, 0) is 17.8 Å². The first-order chi connectivity index (χ1) is 16.2. The molecule has 1 N–H and O–H groups in total. The monoisotopic (exact) mass is 464 g/mol. The van der Waals surface area contributed by atoms with Crippen molar-refractivity contribution in [1.82, 2.24) is 10.2 Å². The molecule has 0 unspecified atom stereocenters. The number of aryl methyl sites for hydroxylation is 1. The number of carbonyl (C=O) groups excluding carboxylic acids is 2. The summed E-state index contributed by atoms with van der Waals surface area (Å²) in [5.74, 6) is 2.11. The largest absolute Gasteiger partial charge is 0.494 e. The lowest BCUT2D eigenvalue weighted by Gasteiger charge is -2.23. The van der Waals surface area contributed by atoms with Crippen LogP contribution >= 0.6 is 11.8 Å². The summed E-state index contributed by atoms with van der Waals surface area (Å²) in [6.45, 7) is 3.64. The van der Waals surface area contributed by atoms with E-state index in [2.05, 4.69) is 11.4 Å². The van der Waals surface area contributed by atoms with Crippen LogP contribution in [0.5, 0.6) is 5.75 Å². The molecule has 1 aliphatic heterocycles. The molecule has 2 heterocycles. The number of carbonyl (C=O) groups is 2. The molecular weight excluding hydrogens is 436 g/mol. The van der Waals surface area contributed by atoms with Crippen molar-refractivity contribution >= 4 is 23.6 Å². The summed E-state index contributed by atoms with van der Waals surface area (Å²) >= 11 is 1.59. The van der Waals surface area contributed by atoms with Crippen molar-refractivity contribution in [2.45, 2.75) is 31.7 Å². The van der Waals surface area contributed by atoms with Crippen LogP contribution in [0.25, 0.3) is 0 Å². The van der Waals surface area contributed by atoms with Gasteiger partial charge in [0.25, 0.3) is 5.91 Å². The number of benzene rings is 2. The Morgan fingerprint density at radius 1 is 1.15 bits per heavy atom. The summed E-state index contributed by atoms with van der Waals surface area (Å²) in [6.07, 6.45) is 3.29. The first kappa shape index (κ1) is 23.0. The first-order valence-corrected chi connectivity index (χ1v) is 12.2. The average molecular weight is 465 g/mol. The van der Waals surface area contributed by atoms with Crippen LogP contribution in [0.3, 0.4) is 0 Å². The van der Waals surface area contributed by atoms with E-state index in [0.29, 0.717) is 31.0 Å². The van der Waals surface area contributed by atoms with Crippen molar-refractivity contribution in [3.05, 3.63) is 89.4 Å². The molecule has 0 spiro atoms. The van der Waals surface area contributed by atoms with E-state index in [9.17, 15) is 9.59 Å². The Bertz CT molecular complexity index is 1070. The van der Waals surface area contributed by atoms with Gasteiger partial charge in [0, 0.05) is 12.1 Å². The fourth-order valence-electron chi connectivity index (χ4n) is 3.86. The molecule has 0 bridgehead atoms. The molecule has 1 atom stereocenters. The molecule has 0 saturated carbocycles. The highest BCUT2D eigenvalue weighted by Crippen LogP contribution is 2.39. The average Bonchev–Trinajstić information content (AvgIpc) is 3.48. The Kier molecular flexibility index (Phi) is 7.73. The number of rotatable bonds is 10. The Hall–Kier alpha value is -3.19. The molecule has 1 fully saturated rings. The van der Waals surface area contributed by atoms with Crippen LogP contribution in [0.2, 0.25) is 0 Å². The summed E-state index contributed by atoms with van der Waals surface area (Å²) in [4.78, 5) is 26.7. The fraction of sp³-hybridized carbons (Fsp3) is 0.308. The van der Waals surface area contributed by atoms with Gasteiger partial charge in [-0.05, 0) is 61.2 Å². The zero-order chi connectivity index (χ0) is 23.0. The van der Waals surface area contributed by atoms with Gasteiger partial charge in [0.15, 0.2) is 0 Å². The number of furan rings is 1. The molecule has 4 rings (SSSR count). The lowest BCUT2D eigenvalue weighted by molar-refractivity contribution is -0.128. The van der Waals surface area contributed by atoms with Crippen molar-refractivity contribution in [3.8, 4) is 5.75 Å². The minimum Gasteiger partial charge on any atom is -0.494 e. The normalized spacial score (nSPS) is 15.6. The minimum absolute atomic E-state index is 0.0786. The van der Waals surface area contributed by atoms with Gasteiger partial charge in [0.05, 0.1) is 25.2 Å². The van der Waals surface area contributed by atoms with E-state index in [-0.39, 0.29) is 17.2 Å². The molecule has 33 heavy (non-hydrogen) atoms. The highest BCUT2D eigenvalue weighted by molar-refractivity contribution is 8.00. The lowest BCUT2D eigenvalue weighted by Crippen LogP contribution is -2.27. The SMILES string of the molecule is CCOc1ccccc1CCCNC(=O)c1ccc([C@@H]2SCC(=O)N2Cc2ccco2)cc1. The molecule has 3 aromatic rings. The van der Waals surface area contributed by atoms with Gasteiger partial charge in [-0.15, -0.1) is 11.8 Å². The maximum atomic E-state index is 12.6. The number of ether oxygens (including phenoxy) is 1. The number of amides is 2. The zero-order valence-corrected chi connectivity index (χ0v) is 19.5. The Labute approximate surface area is 198 Å². The van der Waals surface area contributed by atoms with Crippen LogP contribution in [0, 0.1) is 0 Å². The number of nitrogens with one attached hydrogen (secondary N) is 1. The Morgan fingerprint density at radius 2 is 1.97 bits per heavy atom. The van der Waals surface area contributed by atoms with E-state index in [1.807, 2.05) is 66.4 Å². The van der Waals surface area contributed by atoms with Crippen molar-refractivity contribution in [3.63, 3.8) is 0 Å². The van der Waals surface area contributed by atoms with E-state index < -0.39 is 0 Å². The summed E-state index contributed by atoms with van der Waals surface area (Å²) in [5, 5.41) is 2.91. The molecule has 172 valence electrons. The molecule has 1 aromatic heterocycles. The predicted octanol–water partition coefficient (Wildman–Crippen LogP) is 4.82. The lowest BCUT2D eigenvalue weighted by atomic mass is 10.1. The van der Waals surface area contributed by atoms with E-state index in [0.717, 1.165) is 35.5 Å². The summed E-state index contributed by atoms with van der Waals surface area (Å²) in [7, 11) is 0. The van der Waals surface area contributed by atoms with Gasteiger partial charge >= 0.3 is 0 Å². The maximum Gasteiger partial charge on any atom is 0.251 e. The number of para-hydroxylation sites is 1. The van der Waals surface area contributed by atoms with Gasteiger partial charge in [-0.2, -0.15) is 0 Å². The van der Waals surface area contributed by atoms with Crippen LogP contribution in [0.4, 0.5) is 0 Å². The summed E-state index contributed by atoms with van der Waals surface area (Å²) in [5.41, 5.74) is 2.77. The van der Waals surface area contributed by atoms with Crippen molar-refractivity contribution < 1.29 is 18.7 Å². The molecule has 6 nitrogen and oxygen atoms in total. The van der Waals surface area contributed by atoms with E-state index >= 15 is 0 Å². The fourth-order valence-corrected chi connectivity index (χ4v) is 5.05. The molecule has 7 heteroatoms. The number of hydrogen-bond donors (Lipinski definition) is 1. The molecule has 1 aliphatic rings. The smallest absolute Gasteiger partial charge is 0.251 e. The maximum absolute atomic E-state index is 12.6. The molecule has 1 saturated heterocycles. The van der Waals surface area contributed by atoms with E-state index in [4.69, 9.17) is 9.15 Å². The van der Waals surface area contributed by atoms with Crippen LogP contribution in [-0.4, -0.2) is 35.6 Å². The molecule has 0 radical (unpaired) electrons. The third-order valence-electron chi connectivity index (χ3n) is 5.51. The van der Waals surface area contributed by atoms with Crippen LogP contribution in [0.1, 0.15) is 46.0 Å². The van der Waals surface area contributed by atoms with Crippen LogP contribution in [0.15, 0.2) is 71.3 Å². The van der Waals surface area contributed by atoms with Gasteiger partial charge in [-0.3, -0.25) is 9.59 Å². The summed E-state index contributed by atoms with van der Waals surface area (Å²) < 4.78 is 11.1. The molecule has 2 amide bonds. The van der Waals surface area contributed by atoms with Gasteiger partial charge in [0.1, 0.15) is 16.9 Å². The third-order valence-corrected chi connectivity index (χ3v) is 6.77. The van der Waals surface area contributed by atoms with E-state index in [1.54, 1.807) is 18.0 Å². The number of nitrogens with zero attached hydrogens (tertiary/aromatic N) is 1. The van der Waals surface area contributed by atoms with Crippen molar-refractivity contribution in [1.29, 1.82) is 0 Å². The quantitative estimate of drug-likeness (QED) is 0.436. The second-order valence-corrected chi connectivity index (χ2v) is 8.86. The second-order valence-electron chi connectivity index (χ2n) is 7.79. The van der Waals surface area contributed by atoms with Crippen molar-refractivity contribution in [2.75, 3.05) is 18.9 Å². The van der Waals surface area contributed by atoms with Gasteiger partial charge in [-0.1, -0.05) is 30.3 Å². The predicted molar refractivity (Wildman–Crippen MR) is 129 cm³/mol. The highest BCUT2D eigenvalue weighted by Gasteiger charge is 2.33. The Balaban J connectivity index is 1.30. The standard InChI is InChI=1S/C26H28N2O4S/c1-2-31-23-10-4-3-7-19(23)8-5-15-27-25(30)20-11-13-21(14-12-20)26-28(24(29)18-33-26)17-22-9-6-16-32-22/h3-4,6-7,9-14,16,26H,2,5,8,15,17-18H2,1H3,(H,27,30)/t26-/m0/s1. The molecule has 0 aliphatic carbocycles. The molecular formula is C26H28N2O4S. The zero-order valence-electron chi connectivity index (χ0n) is 18.7. The number of thioether (sulfide) groups is 1.